The molecule has 0 aliphatic heterocycles. The van der Waals surface area contributed by atoms with Gasteiger partial charge in [-0.3, -0.25) is 4.79 Å². The Balaban J connectivity index is 2.01. The number of carbonyl (C=O) groups is 1. The second-order valence-corrected chi connectivity index (χ2v) is 5.47. The van der Waals surface area contributed by atoms with Crippen LogP contribution < -0.4 is 15.4 Å². The van der Waals surface area contributed by atoms with Crippen LogP contribution in [0, 0.1) is 0 Å². The number of ether oxygens (including phenoxy) is 1. The number of nitrogens with one attached hydrogen (secondary N) is 2. The molecule has 0 aliphatic carbocycles. The van der Waals surface area contributed by atoms with Gasteiger partial charge in [-0.1, -0.05) is 29.3 Å². The highest BCUT2D eigenvalue weighted by atomic mass is 35.5. The van der Waals surface area contributed by atoms with E-state index in [-0.39, 0.29) is 5.91 Å². The van der Waals surface area contributed by atoms with E-state index in [2.05, 4.69) is 10.6 Å². The van der Waals surface area contributed by atoms with Gasteiger partial charge in [0.25, 0.3) is 0 Å². The molecule has 116 valence electrons. The third-order valence-electron chi connectivity index (χ3n) is 3.07. The topological polar surface area (TPSA) is 50.4 Å². The fourth-order valence-electron chi connectivity index (χ4n) is 1.84. The Morgan fingerprint density at radius 1 is 1.14 bits per heavy atom. The molecule has 4 nitrogen and oxygen atoms in total. The molecule has 0 heterocycles. The Morgan fingerprint density at radius 3 is 2.45 bits per heavy atom. The van der Waals surface area contributed by atoms with Gasteiger partial charge in [0.2, 0.25) is 5.91 Å². The summed E-state index contributed by atoms with van der Waals surface area (Å²) >= 11 is 12.0. The summed E-state index contributed by atoms with van der Waals surface area (Å²) in [6.07, 6.45) is 0. The van der Waals surface area contributed by atoms with E-state index in [1.807, 2.05) is 0 Å². The molecule has 0 saturated carbocycles. The molecular weight excluding hydrogens is 323 g/mol. The third-order valence-corrected chi connectivity index (χ3v) is 3.89. The molecule has 22 heavy (non-hydrogen) atoms. The number of methoxy groups -OCH3 is 1. The molecule has 2 aromatic rings. The summed E-state index contributed by atoms with van der Waals surface area (Å²) in [5, 5.41) is 6.69. The zero-order valence-electron chi connectivity index (χ0n) is 12.2. The zero-order chi connectivity index (χ0) is 16.1. The van der Waals surface area contributed by atoms with Gasteiger partial charge in [0.05, 0.1) is 22.8 Å². The Morgan fingerprint density at radius 2 is 1.82 bits per heavy atom. The summed E-state index contributed by atoms with van der Waals surface area (Å²) in [4.78, 5) is 12.2. The first-order valence-electron chi connectivity index (χ1n) is 6.66. The van der Waals surface area contributed by atoms with Gasteiger partial charge in [-0.05, 0) is 43.3 Å². The molecule has 2 N–H and O–H groups in total. The molecule has 2 aromatic carbocycles. The van der Waals surface area contributed by atoms with Gasteiger partial charge in [0, 0.05) is 5.69 Å². The molecule has 6 heteroatoms. The zero-order valence-corrected chi connectivity index (χ0v) is 13.7. The molecular formula is C16H16Cl2N2O2. The van der Waals surface area contributed by atoms with E-state index in [4.69, 9.17) is 27.9 Å². The number of carbonyl (C=O) groups excluding carboxylic acids is 1. The van der Waals surface area contributed by atoms with Gasteiger partial charge in [-0.25, -0.2) is 0 Å². The van der Waals surface area contributed by atoms with Crippen molar-refractivity contribution in [1.29, 1.82) is 0 Å². The van der Waals surface area contributed by atoms with Crippen LogP contribution in [0.3, 0.4) is 0 Å². The summed E-state index contributed by atoms with van der Waals surface area (Å²) in [6, 6.07) is 11.9. The van der Waals surface area contributed by atoms with Gasteiger partial charge < -0.3 is 15.4 Å². The lowest BCUT2D eigenvalue weighted by molar-refractivity contribution is -0.116. The third kappa shape index (κ3) is 4.06. The molecule has 0 spiro atoms. The van der Waals surface area contributed by atoms with E-state index in [1.54, 1.807) is 56.5 Å². The van der Waals surface area contributed by atoms with E-state index in [9.17, 15) is 4.79 Å². The maximum absolute atomic E-state index is 12.2. The SMILES string of the molecule is COc1ccc(NC(=O)[C@@H](C)Nc2cccc(Cl)c2Cl)cc1. The molecule has 0 unspecified atom stereocenters. The molecule has 0 aliphatic rings. The Hall–Kier alpha value is -1.91. The summed E-state index contributed by atoms with van der Waals surface area (Å²) < 4.78 is 5.07. The van der Waals surface area contributed by atoms with Crippen molar-refractivity contribution >= 4 is 40.5 Å². The lowest BCUT2D eigenvalue weighted by atomic mass is 10.2. The molecule has 0 fully saturated rings. The van der Waals surface area contributed by atoms with Crippen LogP contribution in [-0.2, 0) is 4.79 Å². The van der Waals surface area contributed by atoms with Gasteiger partial charge in [0.15, 0.2) is 0 Å². The molecule has 0 saturated heterocycles. The molecule has 1 amide bonds. The predicted octanol–water partition coefficient (Wildman–Crippen LogP) is 4.44. The molecule has 1 atom stereocenters. The highest BCUT2D eigenvalue weighted by molar-refractivity contribution is 6.43. The van der Waals surface area contributed by atoms with E-state index in [1.165, 1.54) is 0 Å². The van der Waals surface area contributed by atoms with E-state index in [0.29, 0.717) is 21.4 Å². The highest BCUT2D eigenvalue weighted by Crippen LogP contribution is 2.30. The number of benzene rings is 2. The van der Waals surface area contributed by atoms with Gasteiger partial charge in [-0.2, -0.15) is 0 Å². The Kier molecular flexibility index (Phi) is 5.52. The smallest absolute Gasteiger partial charge is 0.246 e. The average Bonchev–Trinajstić information content (AvgIpc) is 2.52. The van der Waals surface area contributed by atoms with Gasteiger partial charge >= 0.3 is 0 Å². The van der Waals surface area contributed by atoms with Crippen LogP contribution in [0.4, 0.5) is 11.4 Å². The fourth-order valence-corrected chi connectivity index (χ4v) is 2.19. The van der Waals surface area contributed by atoms with Crippen LogP contribution in [0.15, 0.2) is 42.5 Å². The van der Waals surface area contributed by atoms with Crippen molar-refractivity contribution in [2.45, 2.75) is 13.0 Å². The maximum atomic E-state index is 12.2. The molecule has 0 bridgehead atoms. The maximum Gasteiger partial charge on any atom is 0.246 e. The van der Waals surface area contributed by atoms with Crippen molar-refractivity contribution in [2.24, 2.45) is 0 Å². The van der Waals surface area contributed by atoms with Crippen LogP contribution in [0.25, 0.3) is 0 Å². The summed E-state index contributed by atoms with van der Waals surface area (Å²) in [5.41, 5.74) is 1.31. The number of amides is 1. The lowest BCUT2D eigenvalue weighted by Gasteiger charge is -2.16. The van der Waals surface area contributed by atoms with E-state index < -0.39 is 6.04 Å². The van der Waals surface area contributed by atoms with Gasteiger partial charge in [-0.15, -0.1) is 0 Å². The molecule has 0 aromatic heterocycles. The Bertz CT molecular complexity index is 660. The Labute approximate surface area is 139 Å². The number of rotatable bonds is 5. The average molecular weight is 339 g/mol. The van der Waals surface area contributed by atoms with Crippen molar-refractivity contribution in [3.05, 3.63) is 52.5 Å². The lowest BCUT2D eigenvalue weighted by Crippen LogP contribution is -2.31. The first-order valence-corrected chi connectivity index (χ1v) is 7.42. The molecule has 0 radical (unpaired) electrons. The van der Waals surface area contributed by atoms with Gasteiger partial charge in [0.1, 0.15) is 11.8 Å². The second-order valence-electron chi connectivity index (χ2n) is 4.69. The predicted molar refractivity (Wildman–Crippen MR) is 91.2 cm³/mol. The van der Waals surface area contributed by atoms with Crippen molar-refractivity contribution in [3.63, 3.8) is 0 Å². The van der Waals surface area contributed by atoms with Crippen LogP contribution >= 0.6 is 23.2 Å². The first kappa shape index (κ1) is 16.5. The van der Waals surface area contributed by atoms with Crippen LogP contribution in [0.2, 0.25) is 10.0 Å². The number of halogens is 2. The van der Waals surface area contributed by atoms with Crippen LogP contribution in [0.1, 0.15) is 6.92 Å². The number of hydrogen-bond donors (Lipinski definition) is 2. The van der Waals surface area contributed by atoms with E-state index >= 15 is 0 Å². The summed E-state index contributed by atoms with van der Waals surface area (Å²) in [7, 11) is 1.59. The van der Waals surface area contributed by atoms with Crippen molar-refractivity contribution in [2.75, 3.05) is 17.7 Å². The standard InChI is InChI=1S/C16H16Cl2N2O2/c1-10(19-14-5-3-4-13(17)15(14)18)16(21)20-11-6-8-12(22-2)9-7-11/h3-10,19H,1-2H3,(H,20,21)/t10-/m1/s1. The minimum absolute atomic E-state index is 0.179. The fraction of sp³-hybridized carbons (Fsp3) is 0.188. The summed E-state index contributed by atoms with van der Waals surface area (Å²) in [5.74, 6) is 0.552. The van der Waals surface area contributed by atoms with Crippen LogP contribution in [-0.4, -0.2) is 19.1 Å². The minimum Gasteiger partial charge on any atom is -0.497 e. The van der Waals surface area contributed by atoms with Crippen molar-refractivity contribution in [3.8, 4) is 5.75 Å². The monoisotopic (exact) mass is 338 g/mol. The molecule has 2 rings (SSSR count). The minimum atomic E-state index is -0.474. The van der Waals surface area contributed by atoms with E-state index in [0.717, 1.165) is 5.75 Å². The quantitative estimate of drug-likeness (QED) is 0.847. The summed E-state index contributed by atoms with van der Waals surface area (Å²) in [6.45, 7) is 1.75. The largest absolute Gasteiger partial charge is 0.497 e. The first-order chi connectivity index (χ1) is 10.5. The number of anilines is 2. The normalized spacial score (nSPS) is 11.6. The highest BCUT2D eigenvalue weighted by Gasteiger charge is 2.15. The van der Waals surface area contributed by atoms with Crippen molar-refractivity contribution < 1.29 is 9.53 Å². The second kappa shape index (κ2) is 7.38. The van der Waals surface area contributed by atoms with Crippen LogP contribution in [0.5, 0.6) is 5.75 Å². The van der Waals surface area contributed by atoms with Crippen molar-refractivity contribution in [1.82, 2.24) is 0 Å². The number of hydrogen-bond acceptors (Lipinski definition) is 3.